The first-order valence-corrected chi connectivity index (χ1v) is 29.2. The van der Waals surface area contributed by atoms with Crippen LogP contribution in [0.1, 0.15) is 70.1 Å². The van der Waals surface area contributed by atoms with Crippen molar-refractivity contribution in [2.75, 3.05) is 65.4 Å². The lowest BCUT2D eigenvalue weighted by atomic mass is 10.2. The number of pyridine rings is 4. The first-order valence-electron chi connectivity index (χ1n) is 29.2. The third-order valence-electron chi connectivity index (χ3n) is 14.6. The fourth-order valence-electron chi connectivity index (χ4n) is 9.49. The standard InChI is InChI=1S/C67H74N10O12/c1-72-36-26-52(56(64(72)82)86-44-48-18-9-5-10-19-48)60(78)68-30-40-76(41-31-69-61(79)53-27-37-73(2)65(83)57(53)87-45-49-20-11-6-12-21-49)34-17-35-77(42-32-70-62(80)54-28-38-74(3)66(84)58(54)88-46-50-22-13-7-14-23-50)43-33-71-63(81)55-29-39-75(4)67(85)59(55)89-47-51-24-15-8-16-25-51/h5-16,18-29,36-39H,17,30-35,40-47H2,1-4H3,(H,68,78)(H,69,79)(H,70,80)(H,71,81). The van der Waals surface area contributed by atoms with Gasteiger partial charge >= 0.3 is 0 Å². The van der Waals surface area contributed by atoms with Crippen molar-refractivity contribution < 1.29 is 38.1 Å². The van der Waals surface area contributed by atoms with E-state index in [-0.39, 0.29) is 124 Å². The van der Waals surface area contributed by atoms with Crippen LogP contribution in [0, 0.1) is 0 Å². The van der Waals surface area contributed by atoms with Crippen LogP contribution in [0.25, 0.3) is 0 Å². The largest absolute Gasteiger partial charge is 0.482 e. The Balaban J connectivity index is 0.978. The minimum Gasteiger partial charge on any atom is -0.482 e. The van der Waals surface area contributed by atoms with Gasteiger partial charge in [-0.1, -0.05) is 121 Å². The Morgan fingerprint density at radius 2 is 0.539 bits per heavy atom. The molecule has 0 saturated carbocycles. The van der Waals surface area contributed by atoms with Gasteiger partial charge in [-0.2, -0.15) is 0 Å². The molecule has 0 aliphatic carbocycles. The minimum absolute atomic E-state index is 0.0620. The summed E-state index contributed by atoms with van der Waals surface area (Å²) in [7, 11) is 6.28. The number of rotatable bonds is 32. The summed E-state index contributed by atoms with van der Waals surface area (Å²) < 4.78 is 29.2. The van der Waals surface area contributed by atoms with E-state index in [9.17, 15) is 38.4 Å². The number of nitrogens with zero attached hydrogens (tertiary/aromatic N) is 6. The maximum atomic E-state index is 13.9. The molecule has 4 aromatic carbocycles. The maximum Gasteiger partial charge on any atom is 0.293 e. The fourth-order valence-corrected chi connectivity index (χ4v) is 9.49. The lowest BCUT2D eigenvalue weighted by molar-refractivity contribution is 0.0929. The van der Waals surface area contributed by atoms with Crippen LogP contribution in [-0.2, 0) is 54.6 Å². The molecule has 0 bridgehead atoms. The summed E-state index contributed by atoms with van der Waals surface area (Å²) >= 11 is 0. The molecule has 0 radical (unpaired) electrons. The summed E-state index contributed by atoms with van der Waals surface area (Å²) in [5.41, 5.74) is 1.57. The lowest BCUT2D eigenvalue weighted by Gasteiger charge is -2.26. The molecule has 464 valence electrons. The van der Waals surface area contributed by atoms with Crippen molar-refractivity contribution in [3.05, 3.63) is 256 Å². The third kappa shape index (κ3) is 18.4. The number of ether oxygens (including phenoxy) is 4. The number of hydrogen-bond acceptors (Lipinski definition) is 14. The highest BCUT2D eigenvalue weighted by Gasteiger charge is 2.23. The third-order valence-corrected chi connectivity index (χ3v) is 14.6. The van der Waals surface area contributed by atoms with Crippen LogP contribution in [0.4, 0.5) is 0 Å². The number of amides is 4. The monoisotopic (exact) mass is 1210 g/mol. The predicted molar refractivity (Wildman–Crippen MR) is 337 cm³/mol. The van der Waals surface area contributed by atoms with E-state index in [0.29, 0.717) is 19.5 Å². The van der Waals surface area contributed by atoms with E-state index in [4.69, 9.17) is 18.9 Å². The Hall–Kier alpha value is -10.3. The van der Waals surface area contributed by atoms with Crippen LogP contribution >= 0.6 is 0 Å². The van der Waals surface area contributed by atoms with Gasteiger partial charge in [0.2, 0.25) is 0 Å². The van der Waals surface area contributed by atoms with E-state index >= 15 is 0 Å². The van der Waals surface area contributed by atoms with Crippen molar-refractivity contribution in [3.63, 3.8) is 0 Å². The summed E-state index contributed by atoms with van der Waals surface area (Å²) in [6, 6.07) is 43.2. The van der Waals surface area contributed by atoms with Crippen LogP contribution < -0.4 is 62.5 Å². The smallest absolute Gasteiger partial charge is 0.293 e. The normalized spacial score (nSPS) is 11.0. The van der Waals surface area contributed by atoms with Gasteiger partial charge in [0.15, 0.2) is 23.0 Å². The van der Waals surface area contributed by atoms with Crippen molar-refractivity contribution in [1.82, 2.24) is 49.3 Å². The Kier molecular flexibility index (Phi) is 23.6. The first kappa shape index (κ1) is 64.7. The molecule has 0 unspecified atom stereocenters. The molecule has 89 heavy (non-hydrogen) atoms. The molecule has 4 amide bonds. The van der Waals surface area contributed by atoms with Crippen LogP contribution in [0.2, 0.25) is 0 Å². The summed E-state index contributed by atoms with van der Waals surface area (Å²) in [6.45, 7) is 2.69. The van der Waals surface area contributed by atoms with Gasteiger partial charge in [0, 0.05) is 105 Å². The minimum atomic E-state index is -0.528. The van der Waals surface area contributed by atoms with Gasteiger partial charge in [-0.05, 0) is 66.0 Å². The lowest BCUT2D eigenvalue weighted by Crippen LogP contribution is -2.43. The summed E-state index contributed by atoms with van der Waals surface area (Å²) in [5.74, 6) is -2.50. The number of carbonyl (C=O) groups excluding carboxylic acids is 4. The van der Waals surface area contributed by atoms with Crippen LogP contribution in [-0.4, -0.2) is 117 Å². The van der Waals surface area contributed by atoms with Gasteiger partial charge in [-0.3, -0.25) is 48.2 Å². The molecule has 4 heterocycles. The zero-order chi connectivity index (χ0) is 63.1. The number of aryl methyl sites for hydroxylation is 4. The molecule has 0 atom stereocenters. The van der Waals surface area contributed by atoms with E-state index in [2.05, 4.69) is 21.3 Å². The van der Waals surface area contributed by atoms with E-state index in [1.165, 1.54) is 67.3 Å². The van der Waals surface area contributed by atoms with E-state index < -0.39 is 45.9 Å². The number of carbonyl (C=O) groups is 4. The molecule has 22 nitrogen and oxygen atoms in total. The average Bonchev–Trinajstić information content (AvgIpc) is 2.09. The molecule has 8 rings (SSSR count). The Labute approximate surface area is 514 Å². The van der Waals surface area contributed by atoms with Crippen molar-refractivity contribution >= 4 is 23.6 Å². The number of aromatic nitrogens is 4. The van der Waals surface area contributed by atoms with Gasteiger partial charge in [-0.25, -0.2) is 0 Å². The summed E-state index contributed by atoms with van der Waals surface area (Å²) in [4.78, 5) is 113. The number of hydrogen-bond donors (Lipinski definition) is 4. The highest BCUT2D eigenvalue weighted by atomic mass is 16.5. The fraction of sp³-hybridized carbons (Fsp3) is 0.284. The quantitative estimate of drug-likeness (QED) is 0.0442. The molecule has 0 fully saturated rings. The second-order valence-corrected chi connectivity index (χ2v) is 21.1. The van der Waals surface area contributed by atoms with E-state index in [1.54, 1.807) is 28.2 Å². The zero-order valence-corrected chi connectivity index (χ0v) is 50.4. The van der Waals surface area contributed by atoms with Crippen molar-refractivity contribution in [3.8, 4) is 23.0 Å². The highest BCUT2D eigenvalue weighted by molar-refractivity contribution is 5.98. The van der Waals surface area contributed by atoms with Crippen molar-refractivity contribution in [1.29, 1.82) is 0 Å². The van der Waals surface area contributed by atoms with Crippen LogP contribution in [0.15, 0.2) is 190 Å². The van der Waals surface area contributed by atoms with E-state index in [0.717, 1.165) is 22.3 Å². The zero-order valence-electron chi connectivity index (χ0n) is 50.4. The second-order valence-electron chi connectivity index (χ2n) is 21.1. The van der Waals surface area contributed by atoms with Crippen LogP contribution in [0.5, 0.6) is 23.0 Å². The average molecular weight is 1210 g/mol. The Bertz CT molecular complexity index is 3430. The highest BCUT2D eigenvalue weighted by Crippen LogP contribution is 2.19. The Morgan fingerprint density at radius 1 is 0.326 bits per heavy atom. The predicted octanol–water partition coefficient (Wildman–Crippen LogP) is 4.81. The summed E-state index contributed by atoms with van der Waals surface area (Å²) in [6.07, 6.45) is 6.49. The molecule has 22 heteroatoms. The molecule has 0 aliphatic heterocycles. The SMILES string of the molecule is Cn1ccc(C(=O)NCCN(CCCN(CCNC(=O)c2ccn(C)c(=O)c2OCc2ccccc2)CCNC(=O)c2ccn(C)c(=O)c2OCc2ccccc2)CCNC(=O)c2ccn(C)c(=O)c2OCc2ccccc2)c(OCc2ccccc2)c1=O. The van der Waals surface area contributed by atoms with Gasteiger partial charge in [0.25, 0.3) is 45.9 Å². The van der Waals surface area contributed by atoms with Gasteiger partial charge in [0.1, 0.15) is 26.4 Å². The molecule has 4 N–H and O–H groups in total. The van der Waals surface area contributed by atoms with E-state index in [1.807, 2.05) is 131 Å². The first-order chi connectivity index (χ1) is 43.1. The molecule has 0 aliphatic rings. The number of benzene rings is 4. The Morgan fingerprint density at radius 3 is 0.753 bits per heavy atom. The summed E-state index contributed by atoms with van der Waals surface area (Å²) in [5, 5.41) is 11.8. The number of nitrogens with one attached hydrogen (secondary N) is 4. The van der Waals surface area contributed by atoms with Crippen molar-refractivity contribution in [2.45, 2.75) is 32.8 Å². The van der Waals surface area contributed by atoms with Crippen molar-refractivity contribution in [2.24, 2.45) is 28.2 Å². The molecule has 4 aromatic heterocycles. The molecule has 8 aromatic rings. The second kappa shape index (κ2) is 32.4. The molecular weight excluding hydrogens is 1140 g/mol. The molecular formula is C67H74N10O12. The van der Waals surface area contributed by atoms with Gasteiger partial charge in [0.05, 0.1) is 22.3 Å². The molecule has 0 saturated heterocycles. The van der Waals surface area contributed by atoms with Crippen LogP contribution in [0.3, 0.4) is 0 Å². The maximum absolute atomic E-state index is 13.9. The topological polar surface area (TPSA) is 248 Å². The molecule has 0 spiro atoms. The van der Waals surface area contributed by atoms with Gasteiger partial charge < -0.3 is 58.5 Å². The van der Waals surface area contributed by atoms with Gasteiger partial charge in [-0.15, -0.1) is 0 Å².